The fourth-order valence-corrected chi connectivity index (χ4v) is 2.29. The van der Waals surface area contributed by atoms with Crippen LogP contribution in [-0.4, -0.2) is 56.4 Å². The van der Waals surface area contributed by atoms with Crippen molar-refractivity contribution in [3.8, 4) is 5.75 Å². The summed E-state index contributed by atoms with van der Waals surface area (Å²) in [6.45, 7) is 8.49. The fourth-order valence-electron chi connectivity index (χ4n) is 2.29. The van der Waals surface area contributed by atoms with Gasteiger partial charge >= 0.3 is 5.97 Å². The Hall–Kier alpha value is -1.59. The number of carbonyl (C=O) groups is 1. The summed E-state index contributed by atoms with van der Waals surface area (Å²) in [6, 6.07) is 7.03. The van der Waals surface area contributed by atoms with E-state index >= 15 is 0 Å². The van der Waals surface area contributed by atoms with Gasteiger partial charge in [0.2, 0.25) is 0 Å². The van der Waals surface area contributed by atoms with Crippen LogP contribution in [0.5, 0.6) is 5.75 Å². The molecular weight excluding hydrogens is 270 g/mol. The van der Waals surface area contributed by atoms with E-state index in [9.17, 15) is 4.79 Å². The highest BCUT2D eigenvalue weighted by Crippen LogP contribution is 2.13. The predicted octanol–water partition coefficient (Wildman–Crippen LogP) is 1.96. The van der Waals surface area contributed by atoms with Gasteiger partial charge in [0, 0.05) is 19.6 Å². The number of rotatable bonds is 6. The van der Waals surface area contributed by atoms with Gasteiger partial charge in [0.05, 0.1) is 25.4 Å². The van der Waals surface area contributed by atoms with Crippen LogP contribution in [0.1, 0.15) is 24.2 Å². The molecule has 1 unspecified atom stereocenters. The second-order valence-corrected chi connectivity index (χ2v) is 5.09. The molecule has 0 N–H and O–H groups in total. The first kappa shape index (κ1) is 15.8. The minimum Gasteiger partial charge on any atom is -0.494 e. The third-order valence-electron chi connectivity index (χ3n) is 3.33. The highest BCUT2D eigenvalue weighted by molar-refractivity contribution is 5.89. The van der Waals surface area contributed by atoms with Crippen LogP contribution in [0.4, 0.5) is 0 Å². The number of ether oxygens (including phenoxy) is 3. The van der Waals surface area contributed by atoms with Crippen LogP contribution in [0.15, 0.2) is 24.3 Å². The van der Waals surface area contributed by atoms with Gasteiger partial charge in [-0.2, -0.15) is 0 Å². The lowest BCUT2D eigenvalue weighted by atomic mass is 10.2. The van der Waals surface area contributed by atoms with Crippen LogP contribution in [-0.2, 0) is 9.47 Å². The standard InChI is InChI=1S/C16H23NO4/c1-3-20-15-6-4-14(5-7-15)16(18)21-13(2)12-17-8-10-19-11-9-17/h4-7,13H,3,8-12H2,1-2H3. The first-order chi connectivity index (χ1) is 10.2. The molecule has 0 aromatic heterocycles. The molecule has 1 saturated heterocycles. The molecule has 116 valence electrons. The molecule has 1 aliphatic rings. The van der Waals surface area contributed by atoms with Crippen molar-refractivity contribution in [2.45, 2.75) is 20.0 Å². The molecule has 0 saturated carbocycles. The summed E-state index contributed by atoms with van der Waals surface area (Å²) in [5.41, 5.74) is 0.548. The van der Waals surface area contributed by atoms with Gasteiger partial charge in [-0.25, -0.2) is 4.79 Å². The zero-order valence-corrected chi connectivity index (χ0v) is 12.7. The van der Waals surface area contributed by atoms with E-state index in [1.165, 1.54) is 0 Å². The fraction of sp³-hybridized carbons (Fsp3) is 0.562. The number of carbonyl (C=O) groups excluding carboxylic acids is 1. The van der Waals surface area contributed by atoms with Crippen LogP contribution in [0, 0.1) is 0 Å². The molecule has 1 aromatic rings. The average molecular weight is 293 g/mol. The van der Waals surface area contributed by atoms with Crippen molar-refractivity contribution >= 4 is 5.97 Å². The van der Waals surface area contributed by atoms with Crippen LogP contribution >= 0.6 is 0 Å². The van der Waals surface area contributed by atoms with Crippen molar-refractivity contribution in [3.63, 3.8) is 0 Å². The van der Waals surface area contributed by atoms with Gasteiger partial charge in [-0.05, 0) is 38.1 Å². The van der Waals surface area contributed by atoms with Crippen molar-refractivity contribution in [2.24, 2.45) is 0 Å². The van der Waals surface area contributed by atoms with Gasteiger partial charge in [-0.15, -0.1) is 0 Å². The molecule has 0 aliphatic carbocycles. The van der Waals surface area contributed by atoms with E-state index < -0.39 is 0 Å². The summed E-state index contributed by atoms with van der Waals surface area (Å²) in [4.78, 5) is 14.3. The van der Waals surface area contributed by atoms with Gasteiger partial charge in [0.25, 0.3) is 0 Å². The lowest BCUT2D eigenvalue weighted by molar-refractivity contribution is 0.000447. The number of esters is 1. The molecule has 1 aliphatic heterocycles. The smallest absolute Gasteiger partial charge is 0.338 e. The van der Waals surface area contributed by atoms with Crippen molar-refractivity contribution in [2.75, 3.05) is 39.5 Å². The second kappa shape index (κ2) is 8.00. The lowest BCUT2D eigenvalue weighted by Crippen LogP contribution is -2.41. The maximum atomic E-state index is 12.1. The number of nitrogens with zero attached hydrogens (tertiary/aromatic N) is 1. The maximum Gasteiger partial charge on any atom is 0.338 e. The highest BCUT2D eigenvalue weighted by Gasteiger charge is 2.17. The largest absolute Gasteiger partial charge is 0.494 e. The van der Waals surface area contributed by atoms with Crippen LogP contribution in [0.3, 0.4) is 0 Å². The summed E-state index contributed by atoms with van der Waals surface area (Å²) in [5, 5.41) is 0. The van der Waals surface area contributed by atoms with E-state index in [1.54, 1.807) is 24.3 Å². The minimum absolute atomic E-state index is 0.137. The Kier molecular flexibility index (Phi) is 6.02. The summed E-state index contributed by atoms with van der Waals surface area (Å²) >= 11 is 0. The Morgan fingerprint density at radius 2 is 1.95 bits per heavy atom. The van der Waals surface area contributed by atoms with E-state index in [-0.39, 0.29) is 12.1 Å². The number of benzene rings is 1. The zero-order valence-electron chi connectivity index (χ0n) is 12.7. The van der Waals surface area contributed by atoms with Crippen molar-refractivity contribution in [1.82, 2.24) is 4.90 Å². The molecule has 1 atom stereocenters. The van der Waals surface area contributed by atoms with Gasteiger partial charge < -0.3 is 14.2 Å². The Labute approximate surface area is 125 Å². The average Bonchev–Trinajstić information content (AvgIpc) is 2.49. The Bertz CT molecular complexity index is 440. The van der Waals surface area contributed by atoms with Crippen molar-refractivity contribution in [1.29, 1.82) is 0 Å². The summed E-state index contributed by atoms with van der Waals surface area (Å²) in [7, 11) is 0. The molecule has 5 heteroatoms. The molecule has 21 heavy (non-hydrogen) atoms. The molecule has 0 radical (unpaired) electrons. The number of hydrogen-bond donors (Lipinski definition) is 0. The van der Waals surface area contributed by atoms with E-state index in [2.05, 4.69) is 4.90 Å². The molecule has 0 spiro atoms. The predicted molar refractivity (Wildman–Crippen MR) is 79.7 cm³/mol. The first-order valence-corrected chi connectivity index (χ1v) is 7.43. The molecule has 1 fully saturated rings. The zero-order chi connectivity index (χ0) is 15.1. The number of hydrogen-bond acceptors (Lipinski definition) is 5. The molecule has 5 nitrogen and oxygen atoms in total. The van der Waals surface area contributed by atoms with Crippen LogP contribution in [0.2, 0.25) is 0 Å². The van der Waals surface area contributed by atoms with Gasteiger partial charge in [-0.3, -0.25) is 4.90 Å². The summed E-state index contributed by atoms with van der Waals surface area (Å²) < 4.78 is 16.1. The Morgan fingerprint density at radius 3 is 2.57 bits per heavy atom. The number of morpholine rings is 1. The topological polar surface area (TPSA) is 48.0 Å². The van der Waals surface area contributed by atoms with E-state index in [4.69, 9.17) is 14.2 Å². The molecule has 0 amide bonds. The third-order valence-corrected chi connectivity index (χ3v) is 3.33. The van der Waals surface area contributed by atoms with Crippen molar-refractivity contribution in [3.05, 3.63) is 29.8 Å². The van der Waals surface area contributed by atoms with Crippen LogP contribution < -0.4 is 4.74 Å². The molecule has 1 aromatic carbocycles. The summed E-state index contributed by atoms with van der Waals surface area (Å²) in [5.74, 6) is 0.467. The Morgan fingerprint density at radius 1 is 1.29 bits per heavy atom. The normalized spacial score (nSPS) is 17.2. The molecule has 2 rings (SSSR count). The minimum atomic E-state index is -0.293. The SMILES string of the molecule is CCOc1ccc(C(=O)OC(C)CN2CCOCC2)cc1. The third kappa shape index (κ3) is 5.02. The quantitative estimate of drug-likeness (QED) is 0.750. The summed E-state index contributed by atoms with van der Waals surface area (Å²) in [6.07, 6.45) is -0.137. The first-order valence-electron chi connectivity index (χ1n) is 7.43. The highest BCUT2D eigenvalue weighted by atomic mass is 16.5. The Balaban J connectivity index is 1.82. The second-order valence-electron chi connectivity index (χ2n) is 5.09. The molecule has 0 bridgehead atoms. The van der Waals surface area contributed by atoms with Gasteiger partial charge in [0.1, 0.15) is 11.9 Å². The van der Waals surface area contributed by atoms with Gasteiger partial charge in [-0.1, -0.05) is 0 Å². The monoisotopic (exact) mass is 293 g/mol. The van der Waals surface area contributed by atoms with Crippen molar-refractivity contribution < 1.29 is 19.0 Å². The lowest BCUT2D eigenvalue weighted by Gasteiger charge is -2.28. The van der Waals surface area contributed by atoms with E-state index in [1.807, 2.05) is 13.8 Å². The maximum absolute atomic E-state index is 12.1. The molecule has 1 heterocycles. The van der Waals surface area contributed by atoms with Crippen LogP contribution in [0.25, 0.3) is 0 Å². The molecular formula is C16H23NO4. The van der Waals surface area contributed by atoms with Gasteiger partial charge in [0.15, 0.2) is 0 Å². The van der Waals surface area contributed by atoms with E-state index in [0.29, 0.717) is 12.2 Å². The van der Waals surface area contributed by atoms with E-state index in [0.717, 1.165) is 38.6 Å².